The number of rotatable bonds is 6. The zero-order chi connectivity index (χ0) is 22.5. The number of anilines is 3. The van der Waals surface area contributed by atoms with Crippen LogP contribution in [0.4, 0.5) is 17.1 Å². The molecule has 5 rings (SSSR count). The number of benzene rings is 3. The van der Waals surface area contributed by atoms with E-state index in [1.165, 1.54) is 22.5 Å². The topological polar surface area (TPSA) is 38.8 Å². The van der Waals surface area contributed by atoms with Gasteiger partial charge in [-0.1, -0.05) is 48.5 Å². The van der Waals surface area contributed by atoms with Gasteiger partial charge < -0.3 is 15.1 Å². The molecule has 5 heteroatoms. The Morgan fingerprint density at radius 1 is 0.788 bits per heavy atom. The number of hydrogen-bond acceptors (Lipinski definition) is 4. The van der Waals surface area contributed by atoms with Gasteiger partial charge in [-0.3, -0.25) is 9.69 Å². The molecule has 170 valence electrons. The number of nitrogens with one attached hydrogen (secondary N) is 1. The highest BCUT2D eigenvalue weighted by atomic mass is 16.2. The molecule has 5 nitrogen and oxygen atoms in total. The van der Waals surface area contributed by atoms with Crippen molar-refractivity contribution >= 4 is 23.0 Å². The van der Waals surface area contributed by atoms with Crippen molar-refractivity contribution in [3.8, 4) is 0 Å². The summed E-state index contributed by atoms with van der Waals surface area (Å²) in [5.74, 6) is 0.0361. The van der Waals surface area contributed by atoms with Gasteiger partial charge in [-0.25, -0.2) is 0 Å². The lowest BCUT2D eigenvalue weighted by Gasteiger charge is -2.36. The molecule has 1 saturated heterocycles. The summed E-state index contributed by atoms with van der Waals surface area (Å²) in [6.07, 6.45) is 2.19. The van der Waals surface area contributed by atoms with Gasteiger partial charge in [0, 0.05) is 56.3 Å². The van der Waals surface area contributed by atoms with Crippen LogP contribution in [0.3, 0.4) is 0 Å². The van der Waals surface area contributed by atoms with Gasteiger partial charge in [0.15, 0.2) is 0 Å². The van der Waals surface area contributed by atoms with E-state index in [0.29, 0.717) is 6.54 Å². The molecule has 2 aliphatic rings. The summed E-state index contributed by atoms with van der Waals surface area (Å²) in [7, 11) is 0. The standard InChI is InChI=1S/C28H32N4O/c33-28(22-32-16-6-10-24-9-4-5-11-27(24)32)29-25-12-14-26(15-13-25)31-19-17-30(18-20-31)21-23-7-2-1-3-8-23/h1-5,7-9,11-15H,6,10,16-22H2,(H,29,33). The van der Waals surface area contributed by atoms with Gasteiger partial charge in [0.25, 0.3) is 0 Å². The zero-order valence-corrected chi connectivity index (χ0v) is 19.1. The first kappa shape index (κ1) is 21.5. The maximum Gasteiger partial charge on any atom is 0.243 e. The molecule has 0 spiro atoms. The smallest absolute Gasteiger partial charge is 0.243 e. The summed E-state index contributed by atoms with van der Waals surface area (Å²) in [4.78, 5) is 19.8. The summed E-state index contributed by atoms with van der Waals surface area (Å²) in [5.41, 5.74) is 5.98. The Bertz CT molecular complexity index is 1060. The number of amides is 1. The van der Waals surface area contributed by atoms with Crippen LogP contribution < -0.4 is 15.1 Å². The molecule has 0 aromatic heterocycles. The van der Waals surface area contributed by atoms with Crippen molar-refractivity contribution in [3.05, 3.63) is 90.0 Å². The highest BCUT2D eigenvalue weighted by Gasteiger charge is 2.19. The second-order valence-electron chi connectivity index (χ2n) is 9.00. The van der Waals surface area contributed by atoms with Crippen molar-refractivity contribution in [2.45, 2.75) is 19.4 Å². The minimum atomic E-state index is 0.0361. The van der Waals surface area contributed by atoms with E-state index in [9.17, 15) is 4.79 Å². The van der Waals surface area contributed by atoms with E-state index < -0.39 is 0 Å². The number of para-hydroxylation sites is 1. The van der Waals surface area contributed by atoms with E-state index in [2.05, 4.69) is 86.7 Å². The minimum absolute atomic E-state index is 0.0361. The SMILES string of the molecule is O=C(CN1CCCc2ccccc21)Nc1ccc(N2CCN(Cc3ccccc3)CC2)cc1. The minimum Gasteiger partial charge on any atom is -0.369 e. The third-order valence-electron chi connectivity index (χ3n) is 6.68. The van der Waals surface area contributed by atoms with E-state index in [4.69, 9.17) is 0 Å². The third kappa shape index (κ3) is 5.37. The molecule has 1 fully saturated rings. The second kappa shape index (κ2) is 10.1. The predicted octanol–water partition coefficient (Wildman–Crippen LogP) is 4.40. The number of carbonyl (C=O) groups excluding carboxylic acids is 1. The van der Waals surface area contributed by atoms with Crippen LogP contribution in [0.15, 0.2) is 78.9 Å². The molecule has 2 aliphatic heterocycles. The monoisotopic (exact) mass is 440 g/mol. The van der Waals surface area contributed by atoms with Crippen molar-refractivity contribution in [3.63, 3.8) is 0 Å². The van der Waals surface area contributed by atoms with Gasteiger partial charge in [0.05, 0.1) is 6.54 Å². The van der Waals surface area contributed by atoms with Crippen molar-refractivity contribution in [1.82, 2.24) is 4.90 Å². The average molecular weight is 441 g/mol. The number of hydrogen-bond donors (Lipinski definition) is 1. The predicted molar refractivity (Wildman–Crippen MR) is 136 cm³/mol. The largest absolute Gasteiger partial charge is 0.369 e. The number of nitrogens with zero attached hydrogens (tertiary/aromatic N) is 3. The molecule has 0 bridgehead atoms. The molecule has 0 saturated carbocycles. The maximum absolute atomic E-state index is 12.7. The quantitative estimate of drug-likeness (QED) is 0.617. The molecule has 0 unspecified atom stereocenters. The summed E-state index contributed by atoms with van der Waals surface area (Å²) in [5, 5.41) is 3.08. The van der Waals surface area contributed by atoms with E-state index >= 15 is 0 Å². The highest BCUT2D eigenvalue weighted by Crippen LogP contribution is 2.26. The molecule has 1 N–H and O–H groups in total. The Morgan fingerprint density at radius 2 is 1.52 bits per heavy atom. The molecule has 3 aromatic carbocycles. The van der Waals surface area contributed by atoms with Crippen LogP contribution in [0.1, 0.15) is 17.5 Å². The lowest BCUT2D eigenvalue weighted by molar-refractivity contribution is -0.115. The van der Waals surface area contributed by atoms with Crippen LogP contribution in [0.25, 0.3) is 0 Å². The molecular weight excluding hydrogens is 408 g/mol. The van der Waals surface area contributed by atoms with Gasteiger partial charge in [-0.2, -0.15) is 0 Å². The molecule has 0 aliphatic carbocycles. The van der Waals surface area contributed by atoms with Gasteiger partial charge in [0.1, 0.15) is 0 Å². The molecule has 0 atom stereocenters. The lowest BCUT2D eigenvalue weighted by Crippen LogP contribution is -2.45. The second-order valence-corrected chi connectivity index (χ2v) is 9.00. The Kier molecular flexibility index (Phi) is 6.58. The normalized spacial score (nSPS) is 16.4. The van der Waals surface area contributed by atoms with Gasteiger partial charge in [-0.15, -0.1) is 0 Å². The van der Waals surface area contributed by atoms with Crippen LogP contribution >= 0.6 is 0 Å². The van der Waals surface area contributed by atoms with E-state index in [1.807, 2.05) is 12.1 Å². The molecule has 2 heterocycles. The average Bonchev–Trinajstić information content (AvgIpc) is 2.86. The van der Waals surface area contributed by atoms with Gasteiger partial charge in [0.2, 0.25) is 5.91 Å². The van der Waals surface area contributed by atoms with Gasteiger partial charge >= 0.3 is 0 Å². The van der Waals surface area contributed by atoms with Crippen molar-refractivity contribution in [1.29, 1.82) is 0 Å². The first-order valence-corrected chi connectivity index (χ1v) is 12.0. The number of aryl methyl sites for hydroxylation is 1. The Labute approximate surface area is 196 Å². The summed E-state index contributed by atoms with van der Waals surface area (Å²) >= 11 is 0. The molecule has 0 radical (unpaired) electrons. The number of carbonyl (C=O) groups is 1. The first-order valence-electron chi connectivity index (χ1n) is 12.0. The van der Waals surface area contributed by atoms with Crippen LogP contribution in [-0.4, -0.2) is 50.1 Å². The van der Waals surface area contributed by atoms with Gasteiger partial charge in [-0.05, 0) is 54.3 Å². The van der Waals surface area contributed by atoms with E-state index in [0.717, 1.165) is 57.8 Å². The molecule has 3 aromatic rings. The fourth-order valence-corrected chi connectivity index (χ4v) is 4.91. The van der Waals surface area contributed by atoms with E-state index in [1.54, 1.807) is 0 Å². The van der Waals surface area contributed by atoms with Crippen LogP contribution in [0.2, 0.25) is 0 Å². The maximum atomic E-state index is 12.7. The van der Waals surface area contributed by atoms with Crippen molar-refractivity contribution < 1.29 is 4.79 Å². The zero-order valence-electron chi connectivity index (χ0n) is 19.1. The molecule has 33 heavy (non-hydrogen) atoms. The Hall–Kier alpha value is -3.31. The third-order valence-corrected chi connectivity index (χ3v) is 6.68. The number of fused-ring (bicyclic) bond motifs is 1. The Morgan fingerprint density at radius 3 is 2.30 bits per heavy atom. The van der Waals surface area contributed by atoms with Crippen LogP contribution in [-0.2, 0) is 17.8 Å². The highest BCUT2D eigenvalue weighted by molar-refractivity contribution is 5.94. The fraction of sp³-hybridized carbons (Fsp3) is 0.321. The first-order chi connectivity index (χ1) is 16.2. The fourth-order valence-electron chi connectivity index (χ4n) is 4.91. The van der Waals surface area contributed by atoms with E-state index in [-0.39, 0.29) is 5.91 Å². The molecule has 1 amide bonds. The Balaban J connectivity index is 1.12. The van der Waals surface area contributed by atoms with Crippen LogP contribution in [0, 0.1) is 0 Å². The molecular formula is C28H32N4O. The summed E-state index contributed by atoms with van der Waals surface area (Å²) in [6, 6.07) is 27.4. The van der Waals surface area contributed by atoms with Crippen LogP contribution in [0.5, 0.6) is 0 Å². The van der Waals surface area contributed by atoms with Crippen molar-refractivity contribution in [2.24, 2.45) is 0 Å². The van der Waals surface area contributed by atoms with Crippen molar-refractivity contribution in [2.75, 3.05) is 54.4 Å². The summed E-state index contributed by atoms with van der Waals surface area (Å²) in [6.45, 7) is 6.50. The number of piperazine rings is 1. The summed E-state index contributed by atoms with van der Waals surface area (Å²) < 4.78 is 0. The lowest BCUT2D eigenvalue weighted by atomic mass is 10.0.